The summed E-state index contributed by atoms with van der Waals surface area (Å²) in [5.41, 5.74) is -0.577. The fraction of sp³-hybridized carbons (Fsp3) is 0.750. The van der Waals surface area contributed by atoms with E-state index in [0.29, 0.717) is 18.6 Å². The van der Waals surface area contributed by atoms with Gasteiger partial charge in [-0.25, -0.2) is 4.79 Å². The third-order valence-electron chi connectivity index (χ3n) is 3.92. The topological polar surface area (TPSA) is 54.0 Å². The van der Waals surface area contributed by atoms with Gasteiger partial charge < -0.3 is 18.9 Å². The van der Waals surface area contributed by atoms with Crippen LogP contribution in [-0.4, -0.2) is 35.7 Å². The third-order valence-corrected chi connectivity index (χ3v) is 3.92. The van der Waals surface area contributed by atoms with Crippen molar-refractivity contribution in [3.63, 3.8) is 0 Å². The van der Waals surface area contributed by atoms with Gasteiger partial charge in [0.15, 0.2) is 11.4 Å². The standard InChI is InChI=1S/C12H14O5/c1-11(2)15-7-5-12-4-6(10(7)17-11)14-8(12)3-9(13)16-12/h3,6-7,10H,4-5H2,1-2H3/t6-,7-,10+,12?/m1/s1. The zero-order valence-electron chi connectivity index (χ0n) is 9.76. The first-order chi connectivity index (χ1) is 7.97. The van der Waals surface area contributed by atoms with Gasteiger partial charge in [-0.15, -0.1) is 0 Å². The van der Waals surface area contributed by atoms with Crippen molar-refractivity contribution in [2.75, 3.05) is 0 Å². The smallest absolute Gasteiger partial charge is 0.335 e. The quantitative estimate of drug-likeness (QED) is 0.586. The second-order valence-electron chi connectivity index (χ2n) is 5.63. The van der Waals surface area contributed by atoms with Crippen LogP contribution in [0.15, 0.2) is 11.8 Å². The maximum atomic E-state index is 11.3. The average molecular weight is 238 g/mol. The lowest BCUT2D eigenvalue weighted by atomic mass is 9.82. The Morgan fingerprint density at radius 3 is 2.82 bits per heavy atom. The van der Waals surface area contributed by atoms with E-state index >= 15 is 0 Å². The molecule has 1 saturated carbocycles. The van der Waals surface area contributed by atoms with Gasteiger partial charge in [0.2, 0.25) is 0 Å². The molecule has 3 fully saturated rings. The van der Waals surface area contributed by atoms with Crippen molar-refractivity contribution in [3.8, 4) is 0 Å². The number of hydrogen-bond acceptors (Lipinski definition) is 5. The van der Waals surface area contributed by atoms with E-state index in [1.165, 1.54) is 6.08 Å². The van der Waals surface area contributed by atoms with Crippen molar-refractivity contribution >= 4 is 5.97 Å². The minimum Gasteiger partial charge on any atom is -0.487 e. The molecule has 0 amide bonds. The zero-order chi connectivity index (χ0) is 11.8. The summed E-state index contributed by atoms with van der Waals surface area (Å²) in [6.45, 7) is 3.79. The summed E-state index contributed by atoms with van der Waals surface area (Å²) < 4.78 is 22.9. The van der Waals surface area contributed by atoms with Gasteiger partial charge in [-0.2, -0.15) is 0 Å². The number of carbonyl (C=O) groups is 1. The molecule has 0 N–H and O–H groups in total. The van der Waals surface area contributed by atoms with Crippen LogP contribution in [0.1, 0.15) is 26.7 Å². The Morgan fingerprint density at radius 1 is 1.24 bits per heavy atom. The van der Waals surface area contributed by atoms with Crippen molar-refractivity contribution in [3.05, 3.63) is 11.8 Å². The van der Waals surface area contributed by atoms with Gasteiger partial charge in [0, 0.05) is 12.8 Å². The molecular formula is C12H14O5. The van der Waals surface area contributed by atoms with Crippen molar-refractivity contribution in [2.45, 2.75) is 56.4 Å². The Balaban J connectivity index is 1.70. The summed E-state index contributed by atoms with van der Waals surface area (Å²) in [5.74, 6) is -0.228. The molecule has 0 radical (unpaired) electrons. The molecule has 5 heteroatoms. The Morgan fingerprint density at radius 2 is 2.00 bits per heavy atom. The maximum Gasteiger partial charge on any atom is 0.335 e. The van der Waals surface area contributed by atoms with Crippen LogP contribution in [0.4, 0.5) is 0 Å². The lowest BCUT2D eigenvalue weighted by molar-refractivity contribution is -0.157. The highest BCUT2D eigenvalue weighted by atomic mass is 16.8. The first-order valence-corrected chi connectivity index (χ1v) is 5.95. The van der Waals surface area contributed by atoms with Crippen LogP contribution in [0, 0.1) is 0 Å². The summed E-state index contributed by atoms with van der Waals surface area (Å²) in [4.78, 5) is 11.3. The molecule has 1 unspecified atom stereocenters. The summed E-state index contributed by atoms with van der Waals surface area (Å²) in [7, 11) is 0. The summed E-state index contributed by atoms with van der Waals surface area (Å²) in [5, 5.41) is 0. The maximum absolute atomic E-state index is 11.3. The van der Waals surface area contributed by atoms with Gasteiger partial charge >= 0.3 is 5.97 Å². The van der Waals surface area contributed by atoms with E-state index in [0.717, 1.165) is 0 Å². The molecule has 4 aliphatic rings. The van der Waals surface area contributed by atoms with Crippen LogP contribution in [0.2, 0.25) is 0 Å². The second-order valence-corrected chi connectivity index (χ2v) is 5.63. The molecule has 0 aromatic rings. The summed E-state index contributed by atoms with van der Waals surface area (Å²) in [6.07, 6.45) is 2.60. The molecule has 3 heterocycles. The monoisotopic (exact) mass is 238 g/mol. The van der Waals surface area contributed by atoms with E-state index < -0.39 is 11.4 Å². The van der Waals surface area contributed by atoms with Crippen molar-refractivity contribution < 1.29 is 23.7 Å². The lowest BCUT2D eigenvalue weighted by Crippen LogP contribution is -2.46. The summed E-state index contributed by atoms with van der Waals surface area (Å²) in [6, 6.07) is 0. The highest BCUT2D eigenvalue weighted by Crippen LogP contribution is 2.53. The highest BCUT2D eigenvalue weighted by Gasteiger charge is 2.64. The van der Waals surface area contributed by atoms with Crippen LogP contribution in [0.25, 0.3) is 0 Å². The number of hydrogen-bond donors (Lipinski definition) is 0. The molecule has 5 nitrogen and oxygen atoms in total. The fourth-order valence-electron chi connectivity index (χ4n) is 3.39. The molecule has 17 heavy (non-hydrogen) atoms. The number of esters is 1. The molecule has 4 rings (SSSR count). The number of fused-ring (bicyclic) bond motifs is 3. The number of ether oxygens (including phenoxy) is 4. The predicted molar refractivity (Wildman–Crippen MR) is 54.8 cm³/mol. The molecule has 2 bridgehead atoms. The van der Waals surface area contributed by atoms with Gasteiger partial charge in [-0.3, -0.25) is 0 Å². The molecule has 92 valence electrons. The van der Waals surface area contributed by atoms with Crippen LogP contribution < -0.4 is 0 Å². The van der Waals surface area contributed by atoms with Gasteiger partial charge in [0.1, 0.15) is 18.0 Å². The first-order valence-electron chi connectivity index (χ1n) is 5.95. The number of carbonyl (C=O) groups excluding carboxylic acids is 1. The van der Waals surface area contributed by atoms with Crippen molar-refractivity contribution in [1.29, 1.82) is 0 Å². The normalized spacial score (nSPS) is 49.2. The van der Waals surface area contributed by atoms with Crippen LogP contribution in [0.5, 0.6) is 0 Å². The predicted octanol–water partition coefficient (Wildman–Crippen LogP) is 0.879. The minimum atomic E-state index is -0.577. The molecule has 2 saturated heterocycles. The fourth-order valence-corrected chi connectivity index (χ4v) is 3.39. The third kappa shape index (κ3) is 1.18. The molecule has 1 spiro atoms. The van der Waals surface area contributed by atoms with Gasteiger partial charge in [0.25, 0.3) is 0 Å². The van der Waals surface area contributed by atoms with Gasteiger partial charge in [-0.05, 0) is 13.8 Å². The Bertz CT molecular complexity index is 440. The van der Waals surface area contributed by atoms with E-state index in [1.807, 2.05) is 13.8 Å². The second kappa shape index (κ2) is 2.67. The van der Waals surface area contributed by atoms with E-state index in [9.17, 15) is 4.79 Å². The van der Waals surface area contributed by atoms with Crippen LogP contribution in [-0.2, 0) is 23.7 Å². The molecule has 0 aromatic heterocycles. The van der Waals surface area contributed by atoms with Gasteiger partial charge in [-0.1, -0.05) is 0 Å². The first kappa shape index (κ1) is 9.91. The average Bonchev–Trinajstić information content (AvgIpc) is 2.72. The highest BCUT2D eigenvalue weighted by molar-refractivity contribution is 5.86. The van der Waals surface area contributed by atoms with E-state index in [4.69, 9.17) is 18.9 Å². The van der Waals surface area contributed by atoms with Gasteiger partial charge in [0.05, 0.1) is 12.2 Å². The van der Waals surface area contributed by atoms with Crippen molar-refractivity contribution in [2.24, 2.45) is 0 Å². The van der Waals surface area contributed by atoms with E-state index in [1.54, 1.807) is 0 Å². The van der Waals surface area contributed by atoms with Crippen molar-refractivity contribution in [1.82, 2.24) is 0 Å². The molecule has 0 aromatic carbocycles. The largest absolute Gasteiger partial charge is 0.487 e. The van der Waals surface area contributed by atoms with Crippen LogP contribution in [0.3, 0.4) is 0 Å². The summed E-state index contributed by atoms with van der Waals surface area (Å²) >= 11 is 0. The zero-order valence-corrected chi connectivity index (χ0v) is 9.76. The Hall–Kier alpha value is -1.07. The molecule has 4 atom stereocenters. The van der Waals surface area contributed by atoms with Crippen LogP contribution >= 0.6 is 0 Å². The number of rotatable bonds is 0. The van der Waals surface area contributed by atoms with E-state index in [2.05, 4.69) is 0 Å². The molecule has 3 aliphatic heterocycles. The van der Waals surface area contributed by atoms with E-state index in [-0.39, 0.29) is 24.3 Å². The Kier molecular flexibility index (Phi) is 1.56. The molecule has 1 aliphatic carbocycles. The molecular weight excluding hydrogens is 224 g/mol. The Labute approximate surface area is 98.7 Å². The SMILES string of the molecule is CC1(C)O[C@H]2[C@H]3CC4(C[C@H]2O1)OC(=O)C=C4O3. The minimum absolute atomic E-state index is 0.0548. The lowest BCUT2D eigenvalue weighted by Gasteiger charge is -2.32.